The molecule has 1 fully saturated rings. The van der Waals surface area contributed by atoms with Crippen molar-refractivity contribution < 1.29 is 13.9 Å². The van der Waals surface area contributed by atoms with Gasteiger partial charge in [-0.05, 0) is 64.2 Å². The summed E-state index contributed by atoms with van der Waals surface area (Å²) in [5.41, 5.74) is 1.43. The molecule has 128 valence electrons. The second-order valence-corrected chi connectivity index (χ2v) is 7.25. The van der Waals surface area contributed by atoms with Gasteiger partial charge in [0.05, 0.1) is 0 Å². The van der Waals surface area contributed by atoms with Crippen LogP contribution in [0.25, 0.3) is 0 Å². The number of carbonyl (C=O) groups is 1. The zero-order valence-electron chi connectivity index (χ0n) is 14.5. The van der Waals surface area contributed by atoms with Crippen LogP contribution in [-0.4, -0.2) is 36.2 Å². The highest BCUT2D eigenvalue weighted by atomic mass is 19.1. The number of piperidine rings is 1. The fraction of sp³-hybridized carbons (Fsp3) is 0.611. The van der Waals surface area contributed by atoms with Crippen LogP contribution in [0.4, 0.5) is 14.9 Å². The van der Waals surface area contributed by atoms with Crippen LogP contribution in [0, 0.1) is 18.7 Å². The van der Waals surface area contributed by atoms with Gasteiger partial charge in [-0.25, -0.2) is 9.18 Å². The maximum Gasteiger partial charge on any atom is 0.410 e. The molecule has 0 aromatic heterocycles. The van der Waals surface area contributed by atoms with Gasteiger partial charge >= 0.3 is 6.09 Å². The van der Waals surface area contributed by atoms with Gasteiger partial charge in [0, 0.05) is 25.3 Å². The summed E-state index contributed by atoms with van der Waals surface area (Å²) in [5.74, 6) is 0.259. The van der Waals surface area contributed by atoms with Gasteiger partial charge in [-0.2, -0.15) is 0 Å². The van der Waals surface area contributed by atoms with Crippen molar-refractivity contribution in [2.75, 3.05) is 25.0 Å². The van der Waals surface area contributed by atoms with Gasteiger partial charge < -0.3 is 15.0 Å². The molecule has 0 spiro atoms. The molecular weight excluding hydrogens is 295 g/mol. The summed E-state index contributed by atoms with van der Waals surface area (Å²) in [6.07, 6.45) is 1.63. The summed E-state index contributed by atoms with van der Waals surface area (Å²) >= 11 is 0. The number of ether oxygens (including phenoxy) is 1. The van der Waals surface area contributed by atoms with E-state index in [9.17, 15) is 9.18 Å². The van der Waals surface area contributed by atoms with Crippen molar-refractivity contribution in [3.63, 3.8) is 0 Å². The molecule has 0 bridgehead atoms. The van der Waals surface area contributed by atoms with Crippen LogP contribution in [0.3, 0.4) is 0 Å². The number of hydrogen-bond donors (Lipinski definition) is 1. The van der Waals surface area contributed by atoms with E-state index in [1.54, 1.807) is 11.0 Å². The number of halogens is 1. The van der Waals surface area contributed by atoms with Gasteiger partial charge in [0.25, 0.3) is 0 Å². The first-order valence-corrected chi connectivity index (χ1v) is 8.22. The molecule has 1 aromatic carbocycles. The maximum atomic E-state index is 13.3. The van der Waals surface area contributed by atoms with Crippen molar-refractivity contribution in [1.82, 2.24) is 4.90 Å². The Morgan fingerprint density at radius 3 is 2.61 bits per heavy atom. The van der Waals surface area contributed by atoms with E-state index in [4.69, 9.17) is 4.74 Å². The van der Waals surface area contributed by atoms with E-state index in [0.717, 1.165) is 30.6 Å². The number of likely N-dealkylation sites (tertiary alicyclic amines) is 1. The van der Waals surface area contributed by atoms with Gasteiger partial charge in [-0.15, -0.1) is 0 Å². The Morgan fingerprint density at radius 2 is 2.00 bits per heavy atom. The average molecular weight is 322 g/mol. The standard InChI is InChI=1S/C18H27FN2O2/c1-13-5-6-15(19)11-16(13)20-12-14-7-9-21(10-8-14)17(22)23-18(2,3)4/h5-6,11,14,20H,7-10,12H2,1-4H3. The first kappa shape index (κ1) is 17.6. The Morgan fingerprint density at radius 1 is 1.35 bits per heavy atom. The van der Waals surface area contributed by atoms with E-state index in [2.05, 4.69) is 5.32 Å². The van der Waals surface area contributed by atoms with Crippen LogP contribution in [0.5, 0.6) is 0 Å². The predicted molar refractivity (Wildman–Crippen MR) is 90.2 cm³/mol. The number of amides is 1. The lowest BCUT2D eigenvalue weighted by Gasteiger charge is -2.33. The number of hydrogen-bond acceptors (Lipinski definition) is 3. The Hall–Kier alpha value is -1.78. The van der Waals surface area contributed by atoms with E-state index >= 15 is 0 Å². The zero-order valence-corrected chi connectivity index (χ0v) is 14.5. The number of rotatable bonds is 3. The fourth-order valence-electron chi connectivity index (χ4n) is 2.69. The van der Waals surface area contributed by atoms with Crippen molar-refractivity contribution in [2.24, 2.45) is 5.92 Å². The number of aryl methyl sites for hydroxylation is 1. The SMILES string of the molecule is Cc1ccc(F)cc1NCC1CCN(C(=O)OC(C)(C)C)CC1. The van der Waals surface area contributed by atoms with E-state index in [1.807, 2.05) is 27.7 Å². The van der Waals surface area contributed by atoms with Gasteiger partial charge in [0.1, 0.15) is 11.4 Å². The number of carbonyl (C=O) groups excluding carboxylic acids is 1. The summed E-state index contributed by atoms with van der Waals surface area (Å²) < 4.78 is 18.7. The lowest BCUT2D eigenvalue weighted by atomic mass is 9.97. The summed E-state index contributed by atoms with van der Waals surface area (Å²) in [5, 5.41) is 3.33. The highest BCUT2D eigenvalue weighted by Gasteiger charge is 2.26. The van der Waals surface area contributed by atoms with Crippen LogP contribution in [0.2, 0.25) is 0 Å². The Balaban J connectivity index is 1.79. The largest absolute Gasteiger partial charge is 0.444 e. The molecule has 23 heavy (non-hydrogen) atoms. The topological polar surface area (TPSA) is 41.6 Å². The summed E-state index contributed by atoms with van der Waals surface area (Å²) in [6.45, 7) is 9.82. The third-order valence-corrected chi connectivity index (χ3v) is 4.05. The number of benzene rings is 1. The monoisotopic (exact) mass is 322 g/mol. The van der Waals surface area contributed by atoms with Crippen LogP contribution < -0.4 is 5.32 Å². The van der Waals surface area contributed by atoms with Crippen molar-refractivity contribution in [3.8, 4) is 0 Å². The first-order chi connectivity index (χ1) is 10.7. The molecule has 1 saturated heterocycles. The molecule has 0 aliphatic carbocycles. The van der Waals surface area contributed by atoms with Crippen LogP contribution in [0.1, 0.15) is 39.2 Å². The molecular formula is C18H27FN2O2. The summed E-state index contributed by atoms with van der Waals surface area (Å²) in [6, 6.07) is 4.79. The highest BCUT2D eigenvalue weighted by Crippen LogP contribution is 2.22. The Bertz CT molecular complexity index is 546. The Kier molecular flexibility index (Phi) is 5.50. The molecule has 0 radical (unpaired) electrons. The van der Waals surface area contributed by atoms with E-state index in [0.29, 0.717) is 19.0 Å². The minimum absolute atomic E-state index is 0.224. The zero-order chi connectivity index (χ0) is 17.0. The number of nitrogens with one attached hydrogen (secondary N) is 1. The van der Waals surface area contributed by atoms with Gasteiger partial charge in [0.2, 0.25) is 0 Å². The van der Waals surface area contributed by atoms with Gasteiger partial charge in [-0.1, -0.05) is 6.07 Å². The Labute approximate surface area is 138 Å². The quantitative estimate of drug-likeness (QED) is 0.907. The van der Waals surface area contributed by atoms with E-state index < -0.39 is 5.60 Å². The van der Waals surface area contributed by atoms with Crippen molar-refractivity contribution in [1.29, 1.82) is 0 Å². The first-order valence-electron chi connectivity index (χ1n) is 8.22. The molecule has 5 heteroatoms. The summed E-state index contributed by atoms with van der Waals surface area (Å²) in [7, 11) is 0. The van der Waals surface area contributed by atoms with Crippen LogP contribution >= 0.6 is 0 Å². The fourth-order valence-corrected chi connectivity index (χ4v) is 2.69. The number of anilines is 1. The second-order valence-electron chi connectivity index (χ2n) is 7.25. The lowest BCUT2D eigenvalue weighted by Crippen LogP contribution is -2.42. The van der Waals surface area contributed by atoms with Gasteiger partial charge in [-0.3, -0.25) is 0 Å². The van der Waals surface area contributed by atoms with E-state index in [-0.39, 0.29) is 11.9 Å². The highest BCUT2D eigenvalue weighted by molar-refractivity contribution is 5.68. The second kappa shape index (κ2) is 7.20. The maximum absolute atomic E-state index is 13.3. The molecule has 2 rings (SSSR count). The molecule has 0 saturated carbocycles. The smallest absolute Gasteiger partial charge is 0.410 e. The molecule has 1 heterocycles. The molecule has 1 aromatic rings. The predicted octanol–water partition coefficient (Wildman–Crippen LogP) is 4.19. The normalized spacial score (nSPS) is 16.3. The van der Waals surface area contributed by atoms with Crippen molar-refractivity contribution in [2.45, 2.75) is 46.1 Å². The lowest BCUT2D eigenvalue weighted by molar-refractivity contribution is 0.0188. The van der Waals surface area contributed by atoms with Crippen LogP contribution in [0.15, 0.2) is 18.2 Å². The minimum atomic E-state index is -0.454. The molecule has 0 atom stereocenters. The number of nitrogens with zero attached hydrogens (tertiary/aromatic N) is 1. The van der Waals surface area contributed by atoms with E-state index in [1.165, 1.54) is 12.1 Å². The average Bonchev–Trinajstić information content (AvgIpc) is 2.47. The minimum Gasteiger partial charge on any atom is -0.444 e. The van der Waals surface area contributed by atoms with Crippen LogP contribution in [-0.2, 0) is 4.74 Å². The molecule has 0 unspecified atom stereocenters. The molecule has 1 aliphatic rings. The summed E-state index contributed by atoms with van der Waals surface area (Å²) in [4.78, 5) is 13.8. The molecule has 1 aliphatic heterocycles. The molecule has 4 nitrogen and oxygen atoms in total. The third kappa shape index (κ3) is 5.41. The molecule has 1 amide bonds. The molecule has 1 N–H and O–H groups in total. The van der Waals surface area contributed by atoms with Crippen molar-refractivity contribution >= 4 is 11.8 Å². The third-order valence-electron chi connectivity index (χ3n) is 4.05. The van der Waals surface area contributed by atoms with Gasteiger partial charge in [0.15, 0.2) is 0 Å². The van der Waals surface area contributed by atoms with Crippen molar-refractivity contribution in [3.05, 3.63) is 29.6 Å².